The van der Waals surface area contributed by atoms with Gasteiger partial charge in [0.25, 0.3) is 17.2 Å². The van der Waals surface area contributed by atoms with Gasteiger partial charge in [-0.05, 0) is 35.9 Å². The number of carbonyl (C=O) groups is 1. The van der Waals surface area contributed by atoms with E-state index < -0.39 is 17.1 Å². The van der Waals surface area contributed by atoms with Crippen LogP contribution in [0.5, 0.6) is 0 Å². The van der Waals surface area contributed by atoms with E-state index in [1.165, 1.54) is 24.3 Å². The molecule has 2 N–H and O–H groups in total. The molecule has 0 saturated carbocycles. The maximum atomic E-state index is 13.6. The normalized spacial score (nSPS) is 16.1. The highest BCUT2D eigenvalue weighted by Gasteiger charge is 2.24. The minimum absolute atomic E-state index is 0.0995. The minimum Gasteiger partial charge on any atom is -0.336 e. The Kier molecular flexibility index (Phi) is 6.90. The second kappa shape index (κ2) is 9.19. The predicted molar refractivity (Wildman–Crippen MR) is 108 cm³/mol. The van der Waals surface area contributed by atoms with Crippen LogP contribution >= 0.6 is 23.2 Å². The van der Waals surface area contributed by atoms with E-state index in [1.807, 2.05) is 0 Å². The SMILES string of the molecule is O=C(c1ccc(NS(=O)O)cc1Cl)N1CCN(Cc2ccc(Cl)c(F)c2)CC1. The molecule has 1 atom stereocenters. The van der Waals surface area contributed by atoms with Crippen molar-refractivity contribution in [3.8, 4) is 0 Å². The molecule has 10 heteroatoms. The zero-order chi connectivity index (χ0) is 20.3. The molecule has 1 aliphatic rings. The second-order valence-electron chi connectivity index (χ2n) is 6.36. The molecule has 28 heavy (non-hydrogen) atoms. The van der Waals surface area contributed by atoms with Gasteiger partial charge in [0.2, 0.25) is 0 Å². The molecule has 0 bridgehead atoms. The molecule has 1 fully saturated rings. The van der Waals surface area contributed by atoms with Crippen LogP contribution < -0.4 is 4.72 Å². The Morgan fingerprint density at radius 1 is 1.11 bits per heavy atom. The summed E-state index contributed by atoms with van der Waals surface area (Å²) in [7, 11) is 0. The lowest BCUT2D eigenvalue weighted by Gasteiger charge is -2.35. The summed E-state index contributed by atoms with van der Waals surface area (Å²) in [6.07, 6.45) is 0. The molecule has 2 aromatic rings. The van der Waals surface area contributed by atoms with Gasteiger partial charge in [-0.2, -0.15) is 0 Å². The van der Waals surface area contributed by atoms with Crippen LogP contribution in [0.15, 0.2) is 36.4 Å². The van der Waals surface area contributed by atoms with Crippen molar-refractivity contribution in [3.63, 3.8) is 0 Å². The van der Waals surface area contributed by atoms with E-state index in [0.29, 0.717) is 44.0 Å². The topological polar surface area (TPSA) is 72.9 Å². The fourth-order valence-electron chi connectivity index (χ4n) is 3.03. The van der Waals surface area contributed by atoms with Crippen LogP contribution in [0.2, 0.25) is 10.0 Å². The van der Waals surface area contributed by atoms with Crippen LogP contribution in [0.25, 0.3) is 0 Å². The van der Waals surface area contributed by atoms with Crippen LogP contribution in [0, 0.1) is 5.82 Å². The Morgan fingerprint density at radius 2 is 1.82 bits per heavy atom. The summed E-state index contributed by atoms with van der Waals surface area (Å²) in [5, 5.41) is 0.307. The van der Waals surface area contributed by atoms with Crippen molar-refractivity contribution in [2.24, 2.45) is 0 Å². The average Bonchev–Trinajstić information content (AvgIpc) is 2.64. The molecule has 1 unspecified atom stereocenters. The van der Waals surface area contributed by atoms with Crippen molar-refractivity contribution < 1.29 is 17.9 Å². The molecule has 1 aliphatic heterocycles. The highest BCUT2D eigenvalue weighted by atomic mass is 35.5. The molecule has 1 heterocycles. The minimum atomic E-state index is -2.21. The fourth-order valence-corrected chi connectivity index (χ4v) is 3.74. The Balaban J connectivity index is 1.59. The second-order valence-corrected chi connectivity index (χ2v) is 7.88. The first kappa shape index (κ1) is 21.0. The van der Waals surface area contributed by atoms with Crippen LogP contribution in [0.1, 0.15) is 15.9 Å². The largest absolute Gasteiger partial charge is 0.336 e. The Hall–Kier alpha value is -1.71. The van der Waals surface area contributed by atoms with Crippen molar-refractivity contribution in [1.82, 2.24) is 9.80 Å². The van der Waals surface area contributed by atoms with E-state index in [-0.39, 0.29) is 16.0 Å². The van der Waals surface area contributed by atoms with Crippen molar-refractivity contribution in [2.75, 3.05) is 30.9 Å². The molecule has 2 aromatic carbocycles. The van der Waals surface area contributed by atoms with Crippen LogP contribution in [0.4, 0.5) is 10.1 Å². The summed E-state index contributed by atoms with van der Waals surface area (Å²) in [6, 6.07) is 9.25. The van der Waals surface area contributed by atoms with Crippen molar-refractivity contribution in [3.05, 3.63) is 63.4 Å². The lowest BCUT2D eigenvalue weighted by Crippen LogP contribution is -2.48. The summed E-state index contributed by atoms with van der Waals surface area (Å²) in [5.41, 5.74) is 1.51. The molecule has 0 aliphatic carbocycles. The number of nitrogens with zero attached hydrogens (tertiary/aromatic N) is 2. The summed E-state index contributed by atoms with van der Waals surface area (Å²) < 4.78 is 35.5. The molecule has 0 radical (unpaired) electrons. The summed E-state index contributed by atoms with van der Waals surface area (Å²) in [5.74, 6) is -0.635. The van der Waals surface area contributed by atoms with Gasteiger partial charge in [0, 0.05) is 38.4 Å². The average molecular weight is 446 g/mol. The maximum Gasteiger partial charge on any atom is 0.259 e. The smallest absolute Gasteiger partial charge is 0.259 e. The lowest BCUT2D eigenvalue weighted by atomic mass is 10.1. The summed E-state index contributed by atoms with van der Waals surface area (Å²) >= 11 is 9.66. The Bertz CT molecular complexity index is 908. The summed E-state index contributed by atoms with van der Waals surface area (Å²) in [4.78, 5) is 16.6. The molecule has 0 spiro atoms. The van der Waals surface area contributed by atoms with Crippen LogP contribution in [0.3, 0.4) is 0 Å². The first-order valence-corrected chi connectivity index (χ1v) is 10.3. The molecular weight excluding hydrogens is 428 g/mol. The number of carbonyl (C=O) groups excluding carboxylic acids is 1. The number of hydrogen-bond donors (Lipinski definition) is 2. The molecule has 1 saturated heterocycles. The van der Waals surface area contributed by atoms with Gasteiger partial charge in [-0.15, -0.1) is 0 Å². The monoisotopic (exact) mass is 445 g/mol. The quantitative estimate of drug-likeness (QED) is 0.689. The van der Waals surface area contributed by atoms with E-state index in [4.69, 9.17) is 27.8 Å². The maximum absolute atomic E-state index is 13.6. The van der Waals surface area contributed by atoms with Gasteiger partial charge in [-0.1, -0.05) is 29.3 Å². The van der Waals surface area contributed by atoms with Gasteiger partial charge in [0.1, 0.15) is 5.82 Å². The summed E-state index contributed by atoms with van der Waals surface area (Å²) in [6.45, 7) is 2.92. The zero-order valence-electron chi connectivity index (χ0n) is 14.7. The Morgan fingerprint density at radius 3 is 2.43 bits per heavy atom. The Labute approximate surface area is 174 Å². The third-order valence-corrected chi connectivity index (χ3v) is 5.48. The van der Waals surface area contributed by atoms with Gasteiger partial charge in [0.15, 0.2) is 0 Å². The van der Waals surface area contributed by atoms with E-state index in [9.17, 15) is 13.4 Å². The van der Waals surface area contributed by atoms with Crippen LogP contribution in [-0.2, 0) is 17.8 Å². The third kappa shape index (κ3) is 5.21. The molecular formula is C18H18Cl2FN3O3S. The van der Waals surface area contributed by atoms with E-state index >= 15 is 0 Å². The number of amides is 1. The number of rotatable bonds is 5. The number of anilines is 1. The van der Waals surface area contributed by atoms with Crippen molar-refractivity contribution in [1.29, 1.82) is 0 Å². The number of benzene rings is 2. The van der Waals surface area contributed by atoms with Crippen LogP contribution in [-0.4, -0.2) is 50.6 Å². The van der Waals surface area contributed by atoms with Gasteiger partial charge >= 0.3 is 0 Å². The highest BCUT2D eigenvalue weighted by molar-refractivity contribution is 7.80. The molecule has 150 valence electrons. The number of nitrogens with one attached hydrogen (secondary N) is 1. The zero-order valence-corrected chi connectivity index (χ0v) is 17.0. The van der Waals surface area contributed by atoms with E-state index in [1.54, 1.807) is 17.0 Å². The first-order valence-electron chi connectivity index (χ1n) is 8.46. The molecule has 3 rings (SSSR count). The lowest BCUT2D eigenvalue weighted by molar-refractivity contribution is 0.0628. The van der Waals surface area contributed by atoms with Crippen molar-refractivity contribution in [2.45, 2.75) is 6.54 Å². The van der Waals surface area contributed by atoms with E-state index in [0.717, 1.165) is 5.56 Å². The predicted octanol–water partition coefficient (Wildman–Crippen LogP) is 3.64. The molecule has 6 nitrogen and oxygen atoms in total. The molecule has 0 aromatic heterocycles. The van der Waals surface area contributed by atoms with Gasteiger partial charge in [-0.3, -0.25) is 19.0 Å². The fraction of sp³-hybridized carbons (Fsp3) is 0.278. The standard InChI is InChI=1S/C18H18Cl2FN3O3S/c19-15-4-1-12(9-17(15)21)11-23-5-7-24(8-6-23)18(25)14-3-2-13(10-16(14)20)22-28(26)27/h1-4,9-10,22H,5-8,11H2,(H,26,27). The van der Waals surface area contributed by atoms with Crippen molar-refractivity contribution >= 4 is 46.1 Å². The number of piperazine rings is 1. The van der Waals surface area contributed by atoms with Gasteiger partial charge in [-0.25, -0.2) is 8.60 Å². The molecule has 1 amide bonds. The first-order chi connectivity index (χ1) is 13.3. The number of hydrogen-bond acceptors (Lipinski definition) is 3. The van der Waals surface area contributed by atoms with Gasteiger partial charge in [0.05, 0.1) is 15.6 Å². The van der Waals surface area contributed by atoms with E-state index in [2.05, 4.69) is 9.62 Å². The van der Waals surface area contributed by atoms with Gasteiger partial charge < -0.3 is 4.90 Å². The number of halogens is 3. The highest BCUT2D eigenvalue weighted by Crippen LogP contribution is 2.23. The third-order valence-electron chi connectivity index (χ3n) is 4.45.